The molecule has 5 nitrogen and oxygen atoms in total. The highest BCUT2D eigenvalue weighted by atomic mass is 19.2. The molecular weight excluding hydrogens is 342 g/mol. The first-order valence-electron chi connectivity index (χ1n) is 8.41. The average molecular weight is 358 g/mol. The molecule has 2 heterocycles. The van der Waals surface area contributed by atoms with Crippen molar-refractivity contribution < 1.29 is 18.0 Å². The Morgan fingerprint density at radius 3 is 2.77 bits per heavy atom. The van der Waals surface area contributed by atoms with E-state index in [-0.39, 0.29) is 18.9 Å². The quantitative estimate of drug-likeness (QED) is 0.722. The maximum absolute atomic E-state index is 13.6. The zero-order valence-corrected chi connectivity index (χ0v) is 13.9. The van der Waals surface area contributed by atoms with Crippen molar-refractivity contribution in [2.24, 2.45) is 0 Å². The number of carbonyl (C=O) groups is 1. The first kappa shape index (κ1) is 16.5. The van der Waals surface area contributed by atoms with Gasteiger partial charge in [0.2, 0.25) is 5.91 Å². The lowest BCUT2D eigenvalue weighted by molar-refractivity contribution is -0.118. The summed E-state index contributed by atoms with van der Waals surface area (Å²) >= 11 is 0. The standard InChI is InChI=1S/C19H16F2N2O3/c20-13-10-12-4-3-8-22(16(12)11-14(13)21)18(24)7-9-23-15-5-1-2-6-17(15)26-19(23)25/h1-2,5-6,10-11H,3-4,7-9H2. The number of halogens is 2. The summed E-state index contributed by atoms with van der Waals surface area (Å²) in [5.74, 6) is -2.64. The molecule has 3 aromatic rings. The van der Waals surface area contributed by atoms with E-state index in [2.05, 4.69) is 0 Å². The van der Waals surface area contributed by atoms with Crippen molar-refractivity contribution in [2.75, 3.05) is 11.4 Å². The smallest absolute Gasteiger partial charge is 0.408 e. The van der Waals surface area contributed by atoms with Crippen LogP contribution in [0.15, 0.2) is 45.6 Å². The third-order valence-corrected chi connectivity index (χ3v) is 4.66. The van der Waals surface area contributed by atoms with Crippen LogP contribution in [-0.4, -0.2) is 17.0 Å². The van der Waals surface area contributed by atoms with Crippen LogP contribution in [0.4, 0.5) is 14.5 Å². The van der Waals surface area contributed by atoms with Crippen LogP contribution in [-0.2, 0) is 17.8 Å². The van der Waals surface area contributed by atoms with Crippen LogP contribution >= 0.6 is 0 Å². The van der Waals surface area contributed by atoms with Crippen LogP contribution in [0.2, 0.25) is 0 Å². The third-order valence-electron chi connectivity index (χ3n) is 4.66. The fourth-order valence-corrected chi connectivity index (χ4v) is 3.40. The molecule has 1 aliphatic rings. The highest BCUT2D eigenvalue weighted by Gasteiger charge is 2.24. The lowest BCUT2D eigenvalue weighted by atomic mass is 10.0. The van der Waals surface area contributed by atoms with Gasteiger partial charge in [-0.1, -0.05) is 12.1 Å². The topological polar surface area (TPSA) is 55.5 Å². The molecular formula is C19H16F2N2O3. The summed E-state index contributed by atoms with van der Waals surface area (Å²) in [6.07, 6.45) is 1.34. The molecule has 7 heteroatoms. The summed E-state index contributed by atoms with van der Waals surface area (Å²) in [7, 11) is 0. The molecule has 26 heavy (non-hydrogen) atoms. The van der Waals surface area contributed by atoms with Crippen LogP contribution in [0.25, 0.3) is 11.1 Å². The molecule has 1 aromatic heterocycles. The largest absolute Gasteiger partial charge is 0.419 e. The van der Waals surface area contributed by atoms with Crippen LogP contribution < -0.4 is 10.7 Å². The third kappa shape index (κ3) is 2.79. The van der Waals surface area contributed by atoms with Gasteiger partial charge in [-0.3, -0.25) is 9.36 Å². The fourth-order valence-electron chi connectivity index (χ4n) is 3.40. The van der Waals surface area contributed by atoms with Gasteiger partial charge in [-0.15, -0.1) is 0 Å². The number of benzene rings is 2. The molecule has 134 valence electrons. The first-order chi connectivity index (χ1) is 12.5. The van der Waals surface area contributed by atoms with Crippen molar-refractivity contribution in [3.63, 3.8) is 0 Å². The minimum Gasteiger partial charge on any atom is -0.408 e. The van der Waals surface area contributed by atoms with Crippen LogP contribution in [0, 0.1) is 11.6 Å². The Balaban J connectivity index is 1.57. The Labute approximate surface area is 147 Å². The molecule has 4 rings (SSSR count). The van der Waals surface area contributed by atoms with Gasteiger partial charge in [0, 0.05) is 31.3 Å². The SMILES string of the molecule is O=C(CCn1c(=O)oc2ccccc21)N1CCCc2cc(F)c(F)cc21. The summed E-state index contributed by atoms with van der Waals surface area (Å²) in [6, 6.07) is 9.21. The zero-order chi connectivity index (χ0) is 18.3. The van der Waals surface area contributed by atoms with Crippen molar-refractivity contribution in [2.45, 2.75) is 25.8 Å². The fraction of sp³-hybridized carbons (Fsp3) is 0.263. The van der Waals surface area contributed by atoms with Crippen LogP contribution in [0.3, 0.4) is 0 Å². The van der Waals surface area contributed by atoms with E-state index >= 15 is 0 Å². The highest BCUT2D eigenvalue weighted by molar-refractivity contribution is 5.94. The van der Waals surface area contributed by atoms with Crippen molar-refractivity contribution in [3.8, 4) is 0 Å². The Morgan fingerprint density at radius 2 is 1.92 bits per heavy atom. The minimum absolute atomic E-state index is 0.0574. The second-order valence-electron chi connectivity index (χ2n) is 6.28. The van der Waals surface area contributed by atoms with E-state index in [9.17, 15) is 18.4 Å². The van der Waals surface area contributed by atoms with Gasteiger partial charge in [-0.05, 0) is 36.6 Å². The monoisotopic (exact) mass is 358 g/mol. The number of hydrogen-bond donors (Lipinski definition) is 0. The van der Waals surface area contributed by atoms with Gasteiger partial charge in [0.05, 0.1) is 5.52 Å². The summed E-state index contributed by atoms with van der Waals surface area (Å²) in [5.41, 5.74) is 2.11. The number of para-hydroxylation sites is 2. The van der Waals surface area contributed by atoms with Gasteiger partial charge in [-0.25, -0.2) is 13.6 Å². The number of nitrogens with zero attached hydrogens (tertiary/aromatic N) is 2. The molecule has 0 unspecified atom stereocenters. The highest BCUT2D eigenvalue weighted by Crippen LogP contribution is 2.30. The maximum Gasteiger partial charge on any atom is 0.419 e. The molecule has 0 bridgehead atoms. The maximum atomic E-state index is 13.6. The first-order valence-corrected chi connectivity index (χ1v) is 8.41. The molecule has 0 radical (unpaired) electrons. The van der Waals surface area contributed by atoms with Crippen molar-refractivity contribution in [1.29, 1.82) is 0 Å². The molecule has 0 atom stereocenters. The Hall–Kier alpha value is -2.96. The van der Waals surface area contributed by atoms with E-state index in [0.29, 0.717) is 41.7 Å². The van der Waals surface area contributed by atoms with E-state index in [4.69, 9.17) is 4.42 Å². The van der Waals surface area contributed by atoms with E-state index in [1.165, 1.54) is 9.47 Å². The molecule has 0 aliphatic carbocycles. The number of rotatable bonds is 3. The minimum atomic E-state index is -0.972. The molecule has 0 N–H and O–H groups in total. The van der Waals surface area contributed by atoms with Gasteiger partial charge >= 0.3 is 5.76 Å². The molecule has 2 aromatic carbocycles. The number of aryl methyl sites for hydroxylation is 2. The van der Waals surface area contributed by atoms with E-state index < -0.39 is 17.4 Å². The lowest BCUT2D eigenvalue weighted by Crippen LogP contribution is -2.36. The molecule has 0 fully saturated rings. The summed E-state index contributed by atoms with van der Waals surface area (Å²) in [5, 5.41) is 0. The number of aromatic nitrogens is 1. The number of oxazole rings is 1. The number of anilines is 1. The molecule has 0 saturated carbocycles. The number of amides is 1. The number of fused-ring (bicyclic) bond motifs is 2. The summed E-state index contributed by atoms with van der Waals surface area (Å²) in [4.78, 5) is 26.1. The Morgan fingerprint density at radius 1 is 1.15 bits per heavy atom. The van der Waals surface area contributed by atoms with Gasteiger partial charge in [0.1, 0.15) is 0 Å². The molecule has 0 spiro atoms. The predicted octanol–water partition coefficient (Wildman–Crippen LogP) is 3.24. The summed E-state index contributed by atoms with van der Waals surface area (Å²) < 4.78 is 33.6. The summed E-state index contributed by atoms with van der Waals surface area (Å²) in [6.45, 7) is 0.599. The molecule has 0 saturated heterocycles. The zero-order valence-electron chi connectivity index (χ0n) is 13.9. The van der Waals surface area contributed by atoms with Crippen molar-refractivity contribution in [1.82, 2.24) is 4.57 Å². The second-order valence-corrected chi connectivity index (χ2v) is 6.28. The average Bonchev–Trinajstić information content (AvgIpc) is 2.95. The molecule has 1 amide bonds. The van der Waals surface area contributed by atoms with Crippen molar-refractivity contribution in [3.05, 3.63) is 64.1 Å². The van der Waals surface area contributed by atoms with Crippen molar-refractivity contribution >= 4 is 22.7 Å². The van der Waals surface area contributed by atoms with Gasteiger partial charge in [-0.2, -0.15) is 0 Å². The Bertz CT molecular complexity index is 1050. The number of carbonyl (C=O) groups excluding carboxylic acids is 1. The normalized spacial score (nSPS) is 13.8. The van der Waals surface area contributed by atoms with E-state index in [1.807, 2.05) is 0 Å². The predicted molar refractivity (Wildman–Crippen MR) is 92.1 cm³/mol. The molecule has 1 aliphatic heterocycles. The second kappa shape index (κ2) is 6.40. The van der Waals surface area contributed by atoms with Crippen LogP contribution in [0.5, 0.6) is 0 Å². The van der Waals surface area contributed by atoms with Gasteiger partial charge in [0.15, 0.2) is 17.2 Å². The van der Waals surface area contributed by atoms with Gasteiger partial charge < -0.3 is 9.32 Å². The van der Waals surface area contributed by atoms with E-state index in [1.54, 1.807) is 24.3 Å². The van der Waals surface area contributed by atoms with E-state index in [0.717, 1.165) is 12.1 Å². The Kier molecular flexibility index (Phi) is 4.06. The lowest BCUT2D eigenvalue weighted by Gasteiger charge is -2.29. The van der Waals surface area contributed by atoms with Gasteiger partial charge in [0.25, 0.3) is 0 Å². The number of hydrogen-bond acceptors (Lipinski definition) is 3. The van der Waals surface area contributed by atoms with Crippen LogP contribution in [0.1, 0.15) is 18.4 Å².